The third-order valence-electron chi connectivity index (χ3n) is 4.23. The number of Topliss-reactive ketones (excluding diaryl/α,β-unsaturated/α-hetero) is 1. The van der Waals surface area contributed by atoms with Gasteiger partial charge in [-0.3, -0.25) is 15.0 Å². The van der Waals surface area contributed by atoms with Crippen LogP contribution in [0.15, 0.2) is 23.3 Å². The molecule has 0 bridgehead atoms. The zero-order valence-electron chi connectivity index (χ0n) is 18.0. The molecule has 0 fully saturated rings. The molecule has 0 radical (unpaired) electrons. The van der Waals surface area contributed by atoms with Crippen molar-refractivity contribution in [1.29, 1.82) is 0 Å². The lowest BCUT2D eigenvalue weighted by molar-refractivity contribution is -0.133. The molecule has 2 rings (SSSR count). The fourth-order valence-corrected chi connectivity index (χ4v) is 3.54. The van der Waals surface area contributed by atoms with Gasteiger partial charge in [-0.1, -0.05) is 11.3 Å². The van der Waals surface area contributed by atoms with E-state index in [1.165, 1.54) is 18.3 Å². The quantitative estimate of drug-likeness (QED) is 0.330. The van der Waals surface area contributed by atoms with E-state index in [1.54, 1.807) is 30.2 Å². The van der Waals surface area contributed by atoms with Crippen LogP contribution in [-0.4, -0.2) is 54.1 Å². The summed E-state index contributed by atoms with van der Waals surface area (Å²) in [5.74, 6) is 0.960. The van der Waals surface area contributed by atoms with Crippen LogP contribution < -0.4 is 14.9 Å². The number of aromatic nitrogens is 1. The number of thiazole rings is 1. The molecule has 0 saturated heterocycles. The first-order chi connectivity index (χ1) is 14.4. The second-order valence-corrected chi connectivity index (χ2v) is 7.35. The van der Waals surface area contributed by atoms with Crippen molar-refractivity contribution in [2.24, 2.45) is 5.10 Å². The number of hydrazone groups is 1. The van der Waals surface area contributed by atoms with Crippen LogP contribution in [0.2, 0.25) is 0 Å². The zero-order chi connectivity index (χ0) is 22.1. The Balaban J connectivity index is 2.06. The molecule has 0 aliphatic rings. The molecule has 0 saturated carbocycles. The molecule has 1 N–H and O–H groups in total. The molecule has 0 spiro atoms. The van der Waals surface area contributed by atoms with Crippen molar-refractivity contribution in [3.05, 3.63) is 34.3 Å². The van der Waals surface area contributed by atoms with Gasteiger partial charge in [0.05, 0.1) is 23.4 Å². The van der Waals surface area contributed by atoms with Gasteiger partial charge < -0.3 is 14.4 Å². The minimum atomic E-state index is -0.0686. The number of nitrogens with zero attached hydrogens (tertiary/aromatic N) is 3. The van der Waals surface area contributed by atoms with Crippen molar-refractivity contribution in [2.45, 2.75) is 34.6 Å². The highest BCUT2D eigenvalue weighted by Gasteiger charge is 2.13. The average Bonchev–Trinajstić information content (AvgIpc) is 3.09. The van der Waals surface area contributed by atoms with E-state index in [1.807, 2.05) is 26.8 Å². The van der Waals surface area contributed by atoms with Gasteiger partial charge in [-0.2, -0.15) is 5.10 Å². The zero-order valence-corrected chi connectivity index (χ0v) is 18.8. The highest BCUT2D eigenvalue weighted by molar-refractivity contribution is 7.17. The topological polar surface area (TPSA) is 93.1 Å². The van der Waals surface area contributed by atoms with Crippen molar-refractivity contribution in [1.82, 2.24) is 9.88 Å². The van der Waals surface area contributed by atoms with Gasteiger partial charge in [-0.05, 0) is 51.5 Å². The second-order valence-electron chi connectivity index (χ2n) is 6.35. The molecule has 0 atom stereocenters. The van der Waals surface area contributed by atoms with Crippen molar-refractivity contribution < 1.29 is 19.1 Å². The summed E-state index contributed by atoms with van der Waals surface area (Å²) in [6, 6.07) is 5.36. The predicted molar refractivity (Wildman–Crippen MR) is 119 cm³/mol. The van der Waals surface area contributed by atoms with E-state index >= 15 is 0 Å². The summed E-state index contributed by atoms with van der Waals surface area (Å²) in [5.41, 5.74) is 4.31. The SMILES string of the molecule is CCOc1cc(/C=N\Nc2nc(C)c(C(C)=O)s2)ccc1OCC(=O)N(CC)CC. The van der Waals surface area contributed by atoms with Gasteiger partial charge >= 0.3 is 0 Å². The van der Waals surface area contributed by atoms with E-state index in [-0.39, 0.29) is 18.3 Å². The standard InChI is InChI=1S/C21H28N4O4S/c1-6-25(7-2)19(27)13-29-17-10-9-16(11-18(17)28-8-3)12-22-24-21-23-14(4)20(30-21)15(5)26/h9-12H,6-8,13H2,1-5H3,(H,23,24)/b22-12-. The summed E-state index contributed by atoms with van der Waals surface area (Å²) >= 11 is 1.27. The second kappa shape index (κ2) is 11.3. The Kier molecular flexibility index (Phi) is 8.79. The maximum Gasteiger partial charge on any atom is 0.260 e. The number of nitrogens with one attached hydrogen (secondary N) is 1. The van der Waals surface area contributed by atoms with E-state index in [0.717, 1.165) is 5.56 Å². The van der Waals surface area contributed by atoms with Gasteiger partial charge in [0.1, 0.15) is 0 Å². The monoisotopic (exact) mass is 432 g/mol. The summed E-state index contributed by atoms with van der Waals surface area (Å²) in [5, 5.41) is 4.73. The number of rotatable bonds is 11. The molecule has 0 unspecified atom stereocenters. The molecular formula is C21H28N4O4S. The maximum absolute atomic E-state index is 12.2. The number of carbonyl (C=O) groups excluding carboxylic acids is 2. The lowest BCUT2D eigenvalue weighted by Gasteiger charge is -2.19. The smallest absolute Gasteiger partial charge is 0.260 e. The Hall–Kier alpha value is -2.94. The number of carbonyl (C=O) groups is 2. The van der Waals surface area contributed by atoms with Crippen molar-refractivity contribution >= 4 is 34.4 Å². The fraction of sp³-hybridized carbons (Fsp3) is 0.429. The molecule has 0 aliphatic heterocycles. The van der Waals surface area contributed by atoms with Crippen LogP contribution in [0, 0.1) is 6.92 Å². The molecule has 8 nitrogen and oxygen atoms in total. The Labute approximate surface area is 180 Å². The van der Waals surface area contributed by atoms with Crippen LogP contribution in [0.5, 0.6) is 11.5 Å². The molecule has 1 aromatic heterocycles. The number of ether oxygens (including phenoxy) is 2. The Bertz CT molecular complexity index is 906. The van der Waals surface area contributed by atoms with Crippen LogP contribution in [0.1, 0.15) is 48.6 Å². The van der Waals surface area contributed by atoms with Crippen LogP contribution in [0.25, 0.3) is 0 Å². The number of hydrogen-bond acceptors (Lipinski definition) is 8. The summed E-state index contributed by atoms with van der Waals surface area (Å²) in [6.45, 7) is 10.8. The van der Waals surface area contributed by atoms with Gasteiger partial charge in [0.2, 0.25) is 5.13 Å². The van der Waals surface area contributed by atoms with Crippen molar-refractivity contribution in [2.75, 3.05) is 31.7 Å². The first-order valence-electron chi connectivity index (χ1n) is 9.84. The van der Waals surface area contributed by atoms with Gasteiger partial charge in [0.15, 0.2) is 23.9 Å². The normalized spacial score (nSPS) is 10.8. The minimum absolute atomic E-state index is 0.0153. The Morgan fingerprint density at radius 3 is 2.53 bits per heavy atom. The summed E-state index contributed by atoms with van der Waals surface area (Å²) in [7, 11) is 0. The maximum atomic E-state index is 12.2. The largest absolute Gasteiger partial charge is 0.490 e. The first kappa shape index (κ1) is 23.3. The lowest BCUT2D eigenvalue weighted by Crippen LogP contribution is -2.34. The van der Waals surface area contributed by atoms with E-state index in [2.05, 4.69) is 15.5 Å². The van der Waals surface area contributed by atoms with Gasteiger partial charge in [0.25, 0.3) is 5.91 Å². The van der Waals surface area contributed by atoms with E-state index in [4.69, 9.17) is 9.47 Å². The molecule has 0 aliphatic carbocycles. The minimum Gasteiger partial charge on any atom is -0.490 e. The van der Waals surface area contributed by atoms with Crippen molar-refractivity contribution in [3.63, 3.8) is 0 Å². The van der Waals surface area contributed by atoms with Crippen LogP contribution in [0.4, 0.5) is 5.13 Å². The number of anilines is 1. The third kappa shape index (κ3) is 6.28. The highest BCUT2D eigenvalue weighted by Crippen LogP contribution is 2.28. The van der Waals surface area contributed by atoms with Crippen LogP contribution in [0.3, 0.4) is 0 Å². The number of amides is 1. The molecule has 1 amide bonds. The average molecular weight is 433 g/mol. The number of hydrogen-bond donors (Lipinski definition) is 1. The van der Waals surface area contributed by atoms with Crippen molar-refractivity contribution in [3.8, 4) is 11.5 Å². The van der Waals surface area contributed by atoms with Gasteiger partial charge in [0, 0.05) is 20.0 Å². The summed E-state index contributed by atoms with van der Waals surface area (Å²) in [6.07, 6.45) is 1.62. The summed E-state index contributed by atoms with van der Waals surface area (Å²) in [4.78, 5) is 30.3. The number of aryl methyl sites for hydroxylation is 1. The molecular weight excluding hydrogens is 404 g/mol. The third-order valence-corrected chi connectivity index (χ3v) is 5.39. The van der Waals surface area contributed by atoms with E-state index in [0.29, 0.717) is 46.9 Å². The molecule has 1 aromatic carbocycles. The Morgan fingerprint density at radius 2 is 1.93 bits per heavy atom. The van der Waals surface area contributed by atoms with Crippen LogP contribution >= 0.6 is 11.3 Å². The molecule has 2 aromatic rings. The molecule has 9 heteroatoms. The number of ketones is 1. The Morgan fingerprint density at radius 1 is 1.20 bits per heavy atom. The lowest BCUT2D eigenvalue weighted by atomic mass is 10.2. The van der Waals surface area contributed by atoms with Crippen LogP contribution in [-0.2, 0) is 4.79 Å². The number of likely N-dealkylation sites (N-methyl/N-ethyl adjacent to an activating group) is 1. The highest BCUT2D eigenvalue weighted by atomic mass is 32.1. The summed E-state index contributed by atoms with van der Waals surface area (Å²) < 4.78 is 11.3. The van der Waals surface area contributed by atoms with E-state index < -0.39 is 0 Å². The fourth-order valence-electron chi connectivity index (χ4n) is 2.73. The molecule has 30 heavy (non-hydrogen) atoms. The molecule has 162 valence electrons. The molecule has 1 heterocycles. The first-order valence-corrected chi connectivity index (χ1v) is 10.7. The van der Waals surface area contributed by atoms with E-state index in [9.17, 15) is 9.59 Å². The van der Waals surface area contributed by atoms with Gasteiger partial charge in [-0.15, -0.1) is 0 Å². The van der Waals surface area contributed by atoms with Gasteiger partial charge in [-0.25, -0.2) is 4.98 Å². The number of benzene rings is 1. The predicted octanol–water partition coefficient (Wildman–Crippen LogP) is 3.75.